The lowest BCUT2D eigenvalue weighted by Crippen LogP contribution is -2.39. The molecule has 0 amide bonds. The van der Waals surface area contributed by atoms with E-state index in [4.69, 9.17) is 9.47 Å². The van der Waals surface area contributed by atoms with Crippen LogP contribution in [0.15, 0.2) is 0 Å². The zero-order chi connectivity index (χ0) is 33.7. The van der Waals surface area contributed by atoms with Crippen LogP contribution in [0.25, 0.3) is 0 Å². The summed E-state index contributed by atoms with van der Waals surface area (Å²) in [6, 6.07) is 0. The van der Waals surface area contributed by atoms with Gasteiger partial charge in [0.05, 0.1) is 25.0 Å². The Morgan fingerprint density at radius 1 is 0.587 bits per heavy atom. The molecule has 0 aliphatic carbocycles. The smallest absolute Gasteiger partial charge is 0.308 e. The molecule has 0 radical (unpaired) electrons. The summed E-state index contributed by atoms with van der Waals surface area (Å²) in [7, 11) is 0. The number of carbonyl (C=O) groups is 2. The number of hydrogen-bond acceptors (Lipinski definition) is 6. The lowest BCUT2D eigenvalue weighted by atomic mass is 9.85. The maximum atomic E-state index is 13.4. The van der Waals surface area contributed by atoms with Crippen molar-refractivity contribution in [2.24, 2.45) is 23.7 Å². The van der Waals surface area contributed by atoms with Gasteiger partial charge in [-0.15, -0.1) is 0 Å². The molecule has 0 aromatic heterocycles. The van der Waals surface area contributed by atoms with E-state index in [1.807, 2.05) is 0 Å². The van der Waals surface area contributed by atoms with Crippen LogP contribution in [-0.4, -0.2) is 61.4 Å². The summed E-state index contributed by atoms with van der Waals surface area (Å²) in [5.74, 6) is 0.327. The SMILES string of the molecule is CCCCCCCCC(CCCC)C(=O)OCC(COC(=O)C(CCCC)CCCCCCCC)C1CCN(CCCCO)CC1. The van der Waals surface area contributed by atoms with E-state index in [-0.39, 0.29) is 36.3 Å². The van der Waals surface area contributed by atoms with E-state index in [1.54, 1.807) is 0 Å². The monoisotopic (exact) mass is 652 g/mol. The van der Waals surface area contributed by atoms with Gasteiger partial charge in [-0.2, -0.15) is 0 Å². The van der Waals surface area contributed by atoms with Crippen molar-refractivity contribution in [3.8, 4) is 0 Å². The first-order chi connectivity index (χ1) is 22.5. The van der Waals surface area contributed by atoms with Crippen LogP contribution < -0.4 is 0 Å². The van der Waals surface area contributed by atoms with Crippen molar-refractivity contribution in [1.82, 2.24) is 4.90 Å². The summed E-state index contributed by atoms with van der Waals surface area (Å²) in [4.78, 5) is 29.3. The number of aliphatic hydroxyl groups is 1. The Hall–Kier alpha value is -1.14. The molecule has 0 spiro atoms. The number of esters is 2. The lowest BCUT2D eigenvalue weighted by molar-refractivity contribution is -0.156. The minimum atomic E-state index is -0.0383. The number of likely N-dealkylation sites (tertiary alicyclic amines) is 1. The van der Waals surface area contributed by atoms with Crippen LogP contribution in [-0.2, 0) is 19.1 Å². The molecule has 272 valence electrons. The summed E-state index contributed by atoms with van der Waals surface area (Å²) in [6.07, 6.45) is 26.7. The van der Waals surface area contributed by atoms with Gasteiger partial charge >= 0.3 is 11.9 Å². The summed E-state index contributed by atoms with van der Waals surface area (Å²) >= 11 is 0. The van der Waals surface area contributed by atoms with Crippen LogP contribution in [0.4, 0.5) is 0 Å². The Morgan fingerprint density at radius 3 is 1.43 bits per heavy atom. The number of carbonyl (C=O) groups excluding carboxylic acids is 2. The topological polar surface area (TPSA) is 76.1 Å². The fourth-order valence-corrected chi connectivity index (χ4v) is 7.03. The molecule has 1 fully saturated rings. The molecule has 0 bridgehead atoms. The quantitative estimate of drug-likeness (QED) is 0.0594. The number of unbranched alkanes of at least 4 members (excludes halogenated alkanes) is 13. The molecule has 6 heteroatoms. The predicted molar refractivity (Wildman–Crippen MR) is 193 cm³/mol. The van der Waals surface area contributed by atoms with Gasteiger partial charge in [-0.25, -0.2) is 0 Å². The largest absolute Gasteiger partial charge is 0.465 e. The molecule has 0 aromatic carbocycles. The zero-order valence-electron chi connectivity index (χ0n) is 31.1. The lowest BCUT2D eigenvalue weighted by Gasteiger charge is -2.36. The molecule has 6 nitrogen and oxygen atoms in total. The molecule has 2 unspecified atom stereocenters. The third kappa shape index (κ3) is 21.0. The van der Waals surface area contributed by atoms with Crippen molar-refractivity contribution >= 4 is 11.9 Å². The third-order valence-electron chi connectivity index (χ3n) is 10.4. The van der Waals surface area contributed by atoms with Crippen molar-refractivity contribution in [3.05, 3.63) is 0 Å². The minimum Gasteiger partial charge on any atom is -0.465 e. The molecular formula is C40H77NO5. The fraction of sp³-hybridized carbons (Fsp3) is 0.950. The van der Waals surface area contributed by atoms with Crippen LogP contribution in [0.2, 0.25) is 0 Å². The number of aliphatic hydroxyl groups excluding tert-OH is 1. The highest BCUT2D eigenvalue weighted by Crippen LogP contribution is 2.28. The van der Waals surface area contributed by atoms with E-state index in [0.29, 0.717) is 19.1 Å². The first-order valence-electron chi connectivity index (χ1n) is 20.2. The highest BCUT2D eigenvalue weighted by molar-refractivity contribution is 5.73. The maximum absolute atomic E-state index is 13.4. The number of piperidine rings is 1. The van der Waals surface area contributed by atoms with Crippen molar-refractivity contribution < 1.29 is 24.2 Å². The van der Waals surface area contributed by atoms with E-state index in [0.717, 1.165) is 110 Å². The fourth-order valence-electron chi connectivity index (χ4n) is 7.03. The second-order valence-electron chi connectivity index (χ2n) is 14.4. The molecule has 2 atom stereocenters. The normalized spacial score (nSPS) is 16.3. The summed E-state index contributed by atoms with van der Waals surface area (Å²) in [5, 5.41) is 9.17. The standard InChI is InChI=1S/C40H77NO5/c1-5-9-13-15-17-19-25-36(23-11-7-3)39(43)45-33-38(35-27-30-41(31-28-35)29-21-22-32-42)34-46-40(44)37(24-12-8-4)26-20-18-16-14-10-6-2/h35-38,42H,5-34H2,1-4H3. The predicted octanol–water partition coefficient (Wildman–Crippen LogP) is 10.3. The van der Waals surface area contributed by atoms with E-state index in [9.17, 15) is 14.7 Å². The minimum absolute atomic E-state index is 0.0153. The summed E-state index contributed by atoms with van der Waals surface area (Å²) in [5.41, 5.74) is 0. The van der Waals surface area contributed by atoms with Gasteiger partial charge in [0, 0.05) is 12.5 Å². The third-order valence-corrected chi connectivity index (χ3v) is 10.4. The molecule has 1 heterocycles. The van der Waals surface area contributed by atoms with Crippen LogP contribution >= 0.6 is 0 Å². The van der Waals surface area contributed by atoms with E-state index < -0.39 is 0 Å². The van der Waals surface area contributed by atoms with Crippen LogP contribution in [0.5, 0.6) is 0 Å². The Kier molecular flexibility index (Phi) is 27.9. The number of hydrogen-bond donors (Lipinski definition) is 1. The van der Waals surface area contributed by atoms with Gasteiger partial charge in [0.15, 0.2) is 0 Å². The second kappa shape index (κ2) is 30.0. The summed E-state index contributed by atoms with van der Waals surface area (Å²) in [6.45, 7) is 12.9. The van der Waals surface area contributed by atoms with Gasteiger partial charge in [-0.1, -0.05) is 130 Å². The number of ether oxygens (including phenoxy) is 2. The van der Waals surface area contributed by atoms with Crippen LogP contribution in [0.3, 0.4) is 0 Å². The number of rotatable bonds is 31. The maximum Gasteiger partial charge on any atom is 0.308 e. The molecule has 0 aromatic rings. The van der Waals surface area contributed by atoms with E-state index in [1.165, 1.54) is 64.2 Å². The summed E-state index contributed by atoms with van der Waals surface area (Å²) < 4.78 is 12.2. The van der Waals surface area contributed by atoms with Gasteiger partial charge in [0.1, 0.15) is 0 Å². The van der Waals surface area contributed by atoms with Gasteiger partial charge < -0.3 is 19.5 Å². The Balaban J connectivity index is 2.80. The first-order valence-corrected chi connectivity index (χ1v) is 20.2. The molecule has 1 saturated heterocycles. The average molecular weight is 652 g/mol. The molecule has 0 saturated carbocycles. The van der Waals surface area contributed by atoms with E-state index in [2.05, 4.69) is 32.6 Å². The second-order valence-corrected chi connectivity index (χ2v) is 14.4. The molecule has 46 heavy (non-hydrogen) atoms. The Morgan fingerprint density at radius 2 is 1.00 bits per heavy atom. The Bertz CT molecular complexity index is 664. The zero-order valence-corrected chi connectivity index (χ0v) is 31.1. The van der Waals surface area contributed by atoms with Crippen molar-refractivity contribution in [1.29, 1.82) is 0 Å². The molecule has 1 aliphatic heterocycles. The van der Waals surface area contributed by atoms with Gasteiger partial charge in [0.25, 0.3) is 0 Å². The molecule has 1 aliphatic rings. The molecule has 1 N–H and O–H groups in total. The van der Waals surface area contributed by atoms with E-state index >= 15 is 0 Å². The van der Waals surface area contributed by atoms with Crippen LogP contribution in [0, 0.1) is 23.7 Å². The van der Waals surface area contributed by atoms with Crippen molar-refractivity contribution in [2.75, 3.05) is 39.5 Å². The highest BCUT2D eigenvalue weighted by Gasteiger charge is 2.31. The molecule has 1 rings (SSSR count). The Labute approximate surface area is 285 Å². The van der Waals surface area contributed by atoms with Gasteiger partial charge in [-0.05, 0) is 76.9 Å². The first kappa shape index (κ1) is 42.9. The van der Waals surface area contributed by atoms with Crippen LogP contribution in [0.1, 0.15) is 182 Å². The number of nitrogens with zero attached hydrogens (tertiary/aromatic N) is 1. The highest BCUT2D eigenvalue weighted by atomic mass is 16.5. The molecular weight excluding hydrogens is 574 g/mol. The average Bonchev–Trinajstić information content (AvgIpc) is 3.07. The van der Waals surface area contributed by atoms with Crippen molar-refractivity contribution in [3.63, 3.8) is 0 Å². The van der Waals surface area contributed by atoms with Gasteiger partial charge in [0.2, 0.25) is 0 Å². The van der Waals surface area contributed by atoms with Crippen molar-refractivity contribution in [2.45, 2.75) is 182 Å². The van der Waals surface area contributed by atoms with Gasteiger partial charge in [-0.3, -0.25) is 9.59 Å².